The SMILES string of the molecule is COc1cc(-c2nc(N3CCCC(C(F)(F)F)C3)n(C(C)C)n2)ccc1-n1cnc(C)c1. The van der Waals surface area contributed by atoms with Crippen LogP contribution in [0.1, 0.15) is 38.4 Å². The van der Waals surface area contributed by atoms with Gasteiger partial charge in [-0.05, 0) is 51.8 Å². The van der Waals surface area contributed by atoms with E-state index >= 15 is 0 Å². The molecule has 2 aromatic heterocycles. The van der Waals surface area contributed by atoms with Gasteiger partial charge in [0.25, 0.3) is 0 Å². The second-order valence-electron chi connectivity index (χ2n) is 8.41. The van der Waals surface area contributed by atoms with E-state index in [9.17, 15) is 13.2 Å². The first-order valence-electron chi connectivity index (χ1n) is 10.6. The van der Waals surface area contributed by atoms with Crippen LogP contribution >= 0.6 is 0 Å². The molecule has 3 aromatic rings. The highest BCUT2D eigenvalue weighted by Crippen LogP contribution is 2.36. The molecular weight excluding hydrogens is 421 g/mol. The largest absolute Gasteiger partial charge is 0.495 e. The summed E-state index contributed by atoms with van der Waals surface area (Å²) in [6.45, 7) is 6.22. The number of hydrogen-bond donors (Lipinski definition) is 0. The Morgan fingerprint density at radius 2 is 2.00 bits per heavy atom. The van der Waals surface area contributed by atoms with E-state index in [1.54, 1.807) is 23.0 Å². The summed E-state index contributed by atoms with van der Waals surface area (Å²) in [4.78, 5) is 10.6. The molecule has 172 valence electrons. The number of anilines is 1. The van der Waals surface area contributed by atoms with Gasteiger partial charge in [0.05, 0.1) is 36.8 Å². The number of rotatable bonds is 5. The summed E-state index contributed by atoms with van der Waals surface area (Å²) >= 11 is 0. The number of nitrogens with zero attached hydrogens (tertiary/aromatic N) is 6. The average molecular weight is 448 g/mol. The lowest BCUT2D eigenvalue weighted by Gasteiger charge is -2.34. The first-order chi connectivity index (χ1) is 15.2. The highest BCUT2D eigenvalue weighted by molar-refractivity contribution is 5.64. The Balaban J connectivity index is 1.69. The number of hydrogen-bond acceptors (Lipinski definition) is 5. The monoisotopic (exact) mass is 448 g/mol. The summed E-state index contributed by atoms with van der Waals surface area (Å²) in [6.07, 6.45) is 0.0182. The zero-order valence-electron chi connectivity index (χ0n) is 18.6. The Labute approximate surface area is 184 Å². The van der Waals surface area contributed by atoms with Crippen LogP contribution in [-0.4, -0.2) is 50.7 Å². The summed E-state index contributed by atoms with van der Waals surface area (Å²) < 4.78 is 49.1. The first-order valence-corrected chi connectivity index (χ1v) is 10.6. The standard InChI is InChI=1S/C22H27F3N6O/c1-14(2)31-21(29-9-5-6-17(12-29)22(23,24)25)27-20(28-31)16-7-8-18(19(10-16)32-4)30-11-15(3)26-13-30/h7-8,10-11,13-14,17H,5-6,9,12H2,1-4H3. The number of piperidine rings is 1. The molecule has 0 saturated carbocycles. The molecule has 1 fully saturated rings. The molecule has 3 heterocycles. The molecular formula is C22H27F3N6O. The maximum absolute atomic E-state index is 13.3. The third-order valence-corrected chi connectivity index (χ3v) is 5.70. The lowest BCUT2D eigenvalue weighted by Crippen LogP contribution is -2.43. The van der Waals surface area contributed by atoms with Crippen molar-refractivity contribution in [1.82, 2.24) is 24.3 Å². The number of alkyl halides is 3. The molecule has 0 N–H and O–H groups in total. The van der Waals surface area contributed by atoms with E-state index < -0.39 is 12.1 Å². The molecule has 0 bridgehead atoms. The van der Waals surface area contributed by atoms with Crippen molar-refractivity contribution in [2.24, 2.45) is 5.92 Å². The van der Waals surface area contributed by atoms with Crippen molar-refractivity contribution in [2.75, 3.05) is 25.1 Å². The molecule has 7 nitrogen and oxygen atoms in total. The maximum Gasteiger partial charge on any atom is 0.393 e. The van der Waals surface area contributed by atoms with Crippen molar-refractivity contribution in [3.8, 4) is 22.8 Å². The Hall–Kier alpha value is -3.04. The minimum atomic E-state index is -4.21. The lowest BCUT2D eigenvalue weighted by molar-refractivity contribution is -0.176. The number of benzene rings is 1. The fourth-order valence-electron chi connectivity index (χ4n) is 4.01. The van der Waals surface area contributed by atoms with Crippen LogP contribution in [0.25, 0.3) is 17.1 Å². The van der Waals surface area contributed by atoms with Crippen LogP contribution in [0.4, 0.5) is 19.1 Å². The molecule has 1 aromatic carbocycles. The summed E-state index contributed by atoms with van der Waals surface area (Å²) in [7, 11) is 1.59. The van der Waals surface area contributed by atoms with E-state index in [0.717, 1.165) is 16.9 Å². The van der Waals surface area contributed by atoms with Crippen LogP contribution in [0.2, 0.25) is 0 Å². The van der Waals surface area contributed by atoms with Gasteiger partial charge in [0.15, 0.2) is 5.82 Å². The number of methoxy groups -OCH3 is 1. The predicted molar refractivity (Wildman–Crippen MR) is 115 cm³/mol. The summed E-state index contributed by atoms with van der Waals surface area (Å²) in [5.41, 5.74) is 2.44. The van der Waals surface area contributed by atoms with Crippen molar-refractivity contribution < 1.29 is 17.9 Å². The highest BCUT2D eigenvalue weighted by atomic mass is 19.4. The Morgan fingerprint density at radius 1 is 1.22 bits per heavy atom. The van der Waals surface area contributed by atoms with Crippen LogP contribution in [0.5, 0.6) is 5.75 Å². The van der Waals surface area contributed by atoms with E-state index in [0.29, 0.717) is 30.5 Å². The normalized spacial score (nSPS) is 17.2. The second kappa shape index (κ2) is 8.48. The van der Waals surface area contributed by atoms with Gasteiger partial charge < -0.3 is 14.2 Å². The Morgan fingerprint density at radius 3 is 2.62 bits per heavy atom. The number of halogens is 3. The van der Waals surface area contributed by atoms with Gasteiger partial charge >= 0.3 is 6.18 Å². The van der Waals surface area contributed by atoms with Gasteiger partial charge in [-0.3, -0.25) is 0 Å². The van der Waals surface area contributed by atoms with Gasteiger partial charge in [-0.2, -0.15) is 18.2 Å². The minimum Gasteiger partial charge on any atom is -0.495 e. The quantitative estimate of drug-likeness (QED) is 0.561. The van der Waals surface area contributed by atoms with Gasteiger partial charge in [-0.1, -0.05) is 0 Å². The molecule has 4 rings (SSSR count). The van der Waals surface area contributed by atoms with Gasteiger partial charge in [-0.25, -0.2) is 9.67 Å². The Bertz CT molecular complexity index is 1090. The maximum atomic E-state index is 13.3. The van der Waals surface area contributed by atoms with E-state index in [4.69, 9.17) is 4.74 Å². The summed E-state index contributed by atoms with van der Waals surface area (Å²) in [6, 6.07) is 5.56. The van der Waals surface area contributed by atoms with Crippen molar-refractivity contribution in [3.05, 3.63) is 36.4 Å². The van der Waals surface area contributed by atoms with E-state index in [1.807, 2.05) is 49.7 Å². The third-order valence-electron chi connectivity index (χ3n) is 5.70. The number of ether oxygens (including phenoxy) is 1. The zero-order chi connectivity index (χ0) is 23.0. The molecule has 0 radical (unpaired) electrons. The van der Waals surface area contributed by atoms with Gasteiger partial charge in [0, 0.05) is 24.8 Å². The molecule has 10 heteroatoms. The van der Waals surface area contributed by atoms with Gasteiger partial charge in [-0.15, -0.1) is 5.10 Å². The second-order valence-corrected chi connectivity index (χ2v) is 8.41. The summed E-state index contributed by atoms with van der Waals surface area (Å²) in [5, 5.41) is 4.63. The van der Waals surface area contributed by atoms with Crippen LogP contribution in [0, 0.1) is 12.8 Å². The van der Waals surface area contributed by atoms with Crippen LogP contribution < -0.4 is 9.64 Å². The summed E-state index contributed by atoms with van der Waals surface area (Å²) in [5.74, 6) is 0.194. The highest BCUT2D eigenvalue weighted by Gasteiger charge is 2.42. The van der Waals surface area contributed by atoms with Crippen LogP contribution in [-0.2, 0) is 0 Å². The zero-order valence-corrected chi connectivity index (χ0v) is 18.6. The number of imidazole rings is 1. The molecule has 32 heavy (non-hydrogen) atoms. The van der Waals surface area contributed by atoms with Gasteiger partial charge in [0.2, 0.25) is 5.95 Å². The molecule has 0 spiro atoms. The topological polar surface area (TPSA) is 61.0 Å². The number of aryl methyl sites for hydroxylation is 1. The first kappa shape index (κ1) is 22.2. The predicted octanol–water partition coefficient (Wildman–Crippen LogP) is 4.81. The Kier molecular flexibility index (Phi) is 5.87. The fraction of sp³-hybridized carbons (Fsp3) is 0.500. The third kappa shape index (κ3) is 4.31. The van der Waals surface area contributed by atoms with E-state index in [-0.39, 0.29) is 19.0 Å². The molecule has 1 aliphatic rings. The van der Waals surface area contributed by atoms with Crippen LogP contribution in [0.15, 0.2) is 30.7 Å². The average Bonchev–Trinajstić information content (AvgIpc) is 3.39. The molecule has 1 aliphatic heterocycles. The van der Waals surface area contributed by atoms with Crippen molar-refractivity contribution in [2.45, 2.75) is 45.8 Å². The minimum absolute atomic E-state index is 0.0485. The van der Waals surface area contributed by atoms with Crippen molar-refractivity contribution in [1.29, 1.82) is 0 Å². The van der Waals surface area contributed by atoms with Gasteiger partial charge in [0.1, 0.15) is 5.75 Å². The molecule has 1 saturated heterocycles. The molecule has 0 amide bonds. The molecule has 1 unspecified atom stereocenters. The lowest BCUT2D eigenvalue weighted by atomic mass is 9.98. The van der Waals surface area contributed by atoms with Crippen molar-refractivity contribution >= 4 is 5.95 Å². The molecule has 0 aliphatic carbocycles. The number of aromatic nitrogens is 5. The van der Waals surface area contributed by atoms with Crippen LogP contribution in [0.3, 0.4) is 0 Å². The fourth-order valence-corrected chi connectivity index (χ4v) is 4.01. The molecule has 1 atom stereocenters. The van der Waals surface area contributed by atoms with E-state index in [1.165, 1.54) is 0 Å². The van der Waals surface area contributed by atoms with E-state index in [2.05, 4.69) is 15.1 Å². The smallest absolute Gasteiger partial charge is 0.393 e. The van der Waals surface area contributed by atoms with Crippen molar-refractivity contribution in [3.63, 3.8) is 0 Å².